The molecule has 2 amide bonds. The first-order chi connectivity index (χ1) is 13.2. The number of hydrogen-bond donors (Lipinski definition) is 0. The van der Waals surface area contributed by atoms with Crippen LogP contribution in [0.5, 0.6) is 0 Å². The Morgan fingerprint density at radius 2 is 2.04 bits per heavy atom. The van der Waals surface area contributed by atoms with Crippen molar-refractivity contribution in [3.05, 3.63) is 57.8 Å². The summed E-state index contributed by atoms with van der Waals surface area (Å²) in [6.45, 7) is 2.01. The Morgan fingerprint density at radius 1 is 1.15 bits per heavy atom. The lowest BCUT2D eigenvalue weighted by molar-refractivity contribution is -0.135. The molecular weight excluding hydrogens is 356 g/mol. The van der Waals surface area contributed by atoms with Gasteiger partial charge in [-0.15, -0.1) is 11.3 Å². The van der Waals surface area contributed by atoms with Gasteiger partial charge in [0.25, 0.3) is 5.91 Å². The maximum absolute atomic E-state index is 12.9. The number of aryl methyl sites for hydroxylation is 1. The summed E-state index contributed by atoms with van der Waals surface area (Å²) in [6, 6.07) is 12.4. The van der Waals surface area contributed by atoms with Crippen molar-refractivity contribution in [2.24, 2.45) is 0 Å². The fourth-order valence-electron chi connectivity index (χ4n) is 4.26. The van der Waals surface area contributed by atoms with E-state index in [0.717, 1.165) is 43.4 Å². The largest absolute Gasteiger partial charge is 0.340 e. The molecule has 1 unspecified atom stereocenters. The smallest absolute Gasteiger partial charge is 0.254 e. The van der Waals surface area contributed by atoms with Gasteiger partial charge in [0.15, 0.2) is 0 Å². The Hall–Kier alpha value is -2.14. The summed E-state index contributed by atoms with van der Waals surface area (Å²) in [5.41, 5.74) is 1.86. The molecular formula is C22H26N2O2S. The molecule has 2 aliphatic heterocycles. The zero-order valence-electron chi connectivity index (χ0n) is 15.6. The molecule has 27 heavy (non-hydrogen) atoms. The number of amides is 2. The zero-order chi connectivity index (χ0) is 18.6. The van der Waals surface area contributed by atoms with Gasteiger partial charge in [0.1, 0.15) is 0 Å². The molecule has 0 aliphatic carbocycles. The third-order valence-electron chi connectivity index (χ3n) is 5.74. The van der Waals surface area contributed by atoms with Crippen LogP contribution >= 0.6 is 11.3 Å². The van der Waals surface area contributed by atoms with Crippen LogP contribution < -0.4 is 0 Å². The van der Waals surface area contributed by atoms with Crippen LogP contribution in [0.2, 0.25) is 0 Å². The highest BCUT2D eigenvalue weighted by molar-refractivity contribution is 7.09. The second kappa shape index (κ2) is 8.26. The summed E-state index contributed by atoms with van der Waals surface area (Å²) >= 11 is 1.79. The Kier molecular flexibility index (Phi) is 5.58. The van der Waals surface area contributed by atoms with E-state index in [1.54, 1.807) is 11.3 Å². The maximum atomic E-state index is 12.9. The Morgan fingerprint density at radius 3 is 2.85 bits per heavy atom. The molecule has 2 aliphatic rings. The Balaban J connectivity index is 1.32. The van der Waals surface area contributed by atoms with Gasteiger partial charge < -0.3 is 9.80 Å². The summed E-state index contributed by atoms with van der Waals surface area (Å²) in [5, 5.41) is 2.12. The molecule has 0 spiro atoms. The molecule has 1 fully saturated rings. The first-order valence-corrected chi connectivity index (χ1v) is 10.8. The van der Waals surface area contributed by atoms with Crippen molar-refractivity contribution >= 4 is 23.2 Å². The van der Waals surface area contributed by atoms with Crippen LogP contribution in [0, 0.1) is 0 Å². The van der Waals surface area contributed by atoms with Crippen LogP contribution in [0.4, 0.5) is 0 Å². The lowest BCUT2D eigenvalue weighted by Crippen LogP contribution is -2.45. The minimum Gasteiger partial charge on any atom is -0.340 e. The van der Waals surface area contributed by atoms with Gasteiger partial charge in [0, 0.05) is 42.5 Å². The average Bonchev–Trinajstić information content (AvgIpc) is 3.33. The topological polar surface area (TPSA) is 40.6 Å². The fraction of sp³-hybridized carbons (Fsp3) is 0.455. The standard InChI is InChI=1S/C22H26N2O2S/c25-21(12-14-23-16-17-6-1-2-9-20(17)22(23)26)24-13-4-3-7-18(24)10-11-19-8-5-15-27-19/h1-2,5-6,8-9,15,18H,3-4,7,10-14,16H2. The summed E-state index contributed by atoms with van der Waals surface area (Å²) in [7, 11) is 0. The predicted molar refractivity (Wildman–Crippen MR) is 108 cm³/mol. The highest BCUT2D eigenvalue weighted by Crippen LogP contribution is 2.25. The second-order valence-corrected chi connectivity index (χ2v) is 8.52. The fourth-order valence-corrected chi connectivity index (χ4v) is 4.99. The van der Waals surface area contributed by atoms with Crippen molar-refractivity contribution in [1.29, 1.82) is 0 Å². The lowest BCUT2D eigenvalue weighted by atomic mass is 9.97. The maximum Gasteiger partial charge on any atom is 0.254 e. The zero-order valence-corrected chi connectivity index (χ0v) is 16.4. The third kappa shape index (κ3) is 4.08. The Labute approximate surface area is 164 Å². The number of piperidine rings is 1. The van der Waals surface area contributed by atoms with E-state index in [0.29, 0.717) is 25.6 Å². The summed E-state index contributed by atoms with van der Waals surface area (Å²) in [4.78, 5) is 30.7. The van der Waals surface area contributed by atoms with Gasteiger partial charge in [-0.2, -0.15) is 0 Å². The number of likely N-dealkylation sites (tertiary alicyclic amines) is 1. The number of benzene rings is 1. The van der Waals surface area contributed by atoms with E-state index in [4.69, 9.17) is 0 Å². The molecule has 1 aromatic carbocycles. The molecule has 4 rings (SSSR count). The molecule has 1 saturated heterocycles. The highest BCUT2D eigenvalue weighted by Gasteiger charge is 2.30. The molecule has 1 atom stereocenters. The number of rotatable bonds is 6. The first kappa shape index (κ1) is 18.2. The van der Waals surface area contributed by atoms with E-state index in [-0.39, 0.29) is 11.8 Å². The molecule has 3 heterocycles. The van der Waals surface area contributed by atoms with Crippen molar-refractivity contribution in [1.82, 2.24) is 9.80 Å². The van der Waals surface area contributed by atoms with Crippen LogP contribution in [-0.4, -0.2) is 40.7 Å². The molecule has 0 saturated carbocycles. The molecule has 0 N–H and O–H groups in total. The van der Waals surface area contributed by atoms with Gasteiger partial charge in [-0.25, -0.2) is 0 Å². The SMILES string of the molecule is O=C1c2ccccc2CN1CCC(=O)N1CCCCC1CCc1cccs1. The van der Waals surface area contributed by atoms with Crippen molar-refractivity contribution in [2.45, 2.75) is 51.1 Å². The minimum absolute atomic E-state index is 0.0614. The number of carbonyl (C=O) groups excluding carboxylic acids is 2. The average molecular weight is 383 g/mol. The second-order valence-electron chi connectivity index (χ2n) is 7.49. The van der Waals surface area contributed by atoms with E-state index < -0.39 is 0 Å². The van der Waals surface area contributed by atoms with Gasteiger partial charge in [0.05, 0.1) is 0 Å². The predicted octanol–water partition coefficient (Wildman–Crippen LogP) is 4.11. The molecule has 5 heteroatoms. The van der Waals surface area contributed by atoms with Gasteiger partial charge in [-0.05, 0) is 55.2 Å². The quantitative estimate of drug-likeness (QED) is 0.754. The van der Waals surface area contributed by atoms with Gasteiger partial charge in [-0.3, -0.25) is 9.59 Å². The Bertz CT molecular complexity index is 802. The van der Waals surface area contributed by atoms with Crippen LogP contribution in [0.1, 0.15) is 52.9 Å². The van der Waals surface area contributed by atoms with Crippen LogP contribution in [-0.2, 0) is 17.8 Å². The number of nitrogens with zero attached hydrogens (tertiary/aromatic N) is 2. The monoisotopic (exact) mass is 382 g/mol. The van der Waals surface area contributed by atoms with E-state index in [1.165, 1.54) is 11.3 Å². The van der Waals surface area contributed by atoms with Crippen molar-refractivity contribution < 1.29 is 9.59 Å². The van der Waals surface area contributed by atoms with Gasteiger partial charge in [0.2, 0.25) is 5.91 Å². The van der Waals surface area contributed by atoms with Gasteiger partial charge in [-0.1, -0.05) is 24.3 Å². The molecule has 1 aromatic heterocycles. The number of fused-ring (bicyclic) bond motifs is 1. The molecule has 0 bridgehead atoms. The van der Waals surface area contributed by atoms with Crippen LogP contribution in [0.15, 0.2) is 41.8 Å². The highest BCUT2D eigenvalue weighted by atomic mass is 32.1. The first-order valence-electron chi connectivity index (χ1n) is 9.91. The van der Waals surface area contributed by atoms with Gasteiger partial charge >= 0.3 is 0 Å². The van der Waals surface area contributed by atoms with E-state index in [9.17, 15) is 9.59 Å². The number of thiophene rings is 1. The number of hydrogen-bond acceptors (Lipinski definition) is 3. The van der Waals surface area contributed by atoms with E-state index in [2.05, 4.69) is 22.4 Å². The molecule has 2 aromatic rings. The summed E-state index contributed by atoms with van der Waals surface area (Å²) in [6.07, 6.45) is 5.92. The molecule has 0 radical (unpaired) electrons. The number of carbonyl (C=O) groups is 2. The minimum atomic E-state index is 0.0614. The van der Waals surface area contributed by atoms with Crippen LogP contribution in [0.3, 0.4) is 0 Å². The molecule has 4 nitrogen and oxygen atoms in total. The van der Waals surface area contributed by atoms with Crippen molar-refractivity contribution in [2.75, 3.05) is 13.1 Å². The summed E-state index contributed by atoms with van der Waals surface area (Å²) < 4.78 is 0. The third-order valence-corrected chi connectivity index (χ3v) is 6.68. The normalized spacial score (nSPS) is 19.4. The van der Waals surface area contributed by atoms with Crippen LogP contribution in [0.25, 0.3) is 0 Å². The van der Waals surface area contributed by atoms with E-state index in [1.807, 2.05) is 29.2 Å². The van der Waals surface area contributed by atoms with Crippen molar-refractivity contribution in [3.63, 3.8) is 0 Å². The van der Waals surface area contributed by atoms with Crippen molar-refractivity contribution in [3.8, 4) is 0 Å². The summed E-state index contributed by atoms with van der Waals surface area (Å²) in [5.74, 6) is 0.265. The molecule has 142 valence electrons. The van der Waals surface area contributed by atoms with E-state index >= 15 is 0 Å². The lowest BCUT2D eigenvalue weighted by Gasteiger charge is -2.36.